The lowest BCUT2D eigenvalue weighted by Crippen LogP contribution is -2.39. The molecule has 0 saturated carbocycles. The van der Waals surface area contributed by atoms with Crippen LogP contribution in [0.5, 0.6) is 0 Å². The van der Waals surface area contributed by atoms with Crippen molar-refractivity contribution in [1.29, 1.82) is 0 Å². The van der Waals surface area contributed by atoms with E-state index in [1.54, 1.807) is 29.2 Å². The van der Waals surface area contributed by atoms with Crippen LogP contribution < -0.4 is 5.32 Å². The number of ketones is 1. The zero-order valence-corrected chi connectivity index (χ0v) is 22.5. The summed E-state index contributed by atoms with van der Waals surface area (Å²) in [5.41, 5.74) is 4.21. The van der Waals surface area contributed by atoms with Crippen LogP contribution in [0.1, 0.15) is 41.3 Å². The number of aryl methyl sites for hydroxylation is 2. The monoisotopic (exact) mass is 522 g/mol. The van der Waals surface area contributed by atoms with Crippen LogP contribution in [-0.2, 0) is 14.3 Å². The maximum atomic E-state index is 13.4. The van der Waals surface area contributed by atoms with E-state index in [0.717, 1.165) is 56.1 Å². The molecule has 2 amide bonds. The van der Waals surface area contributed by atoms with Gasteiger partial charge in [-0.2, -0.15) is 0 Å². The number of aliphatic imine (C=N–C) groups is 1. The number of rotatable bonds is 9. The van der Waals surface area contributed by atoms with Crippen molar-refractivity contribution < 1.29 is 19.1 Å². The Bertz CT molecular complexity index is 1150. The van der Waals surface area contributed by atoms with Gasteiger partial charge >= 0.3 is 0 Å². The lowest BCUT2D eigenvalue weighted by Gasteiger charge is -2.27. The van der Waals surface area contributed by atoms with Crippen LogP contribution in [0.4, 0.5) is 11.4 Å². The zero-order valence-electron chi connectivity index (χ0n) is 21.7. The fraction of sp³-hybridized carbons (Fsp3) is 0.429. The smallest absolute Gasteiger partial charge is 0.242 e. The Morgan fingerprint density at radius 1 is 1.05 bits per heavy atom. The van der Waals surface area contributed by atoms with E-state index in [-0.39, 0.29) is 24.0 Å². The molecule has 4 rings (SSSR count). The van der Waals surface area contributed by atoms with Crippen molar-refractivity contribution in [2.24, 2.45) is 4.99 Å². The van der Waals surface area contributed by atoms with Gasteiger partial charge in [0.2, 0.25) is 11.8 Å². The number of thioether (sulfide) groups is 1. The SMILES string of the molecule is CC(=O)c1ccc(NC(=O)CC2SC(=Nc3cc(C)cc(C)c3)N(CCCN3CCOCC3)C2=O)cc1. The highest BCUT2D eigenvalue weighted by atomic mass is 32.2. The largest absolute Gasteiger partial charge is 0.379 e. The molecule has 1 N–H and O–H groups in total. The van der Waals surface area contributed by atoms with E-state index in [1.165, 1.54) is 18.7 Å². The van der Waals surface area contributed by atoms with Gasteiger partial charge in [-0.1, -0.05) is 17.8 Å². The highest BCUT2D eigenvalue weighted by molar-refractivity contribution is 8.15. The summed E-state index contributed by atoms with van der Waals surface area (Å²) >= 11 is 1.35. The molecule has 8 nitrogen and oxygen atoms in total. The molecule has 0 bridgehead atoms. The fourth-order valence-electron chi connectivity index (χ4n) is 4.50. The Morgan fingerprint density at radius 3 is 2.38 bits per heavy atom. The summed E-state index contributed by atoms with van der Waals surface area (Å²) in [5, 5.41) is 2.95. The van der Waals surface area contributed by atoms with Gasteiger partial charge < -0.3 is 10.1 Å². The minimum atomic E-state index is -0.537. The number of anilines is 1. The van der Waals surface area contributed by atoms with Crippen LogP contribution in [0.3, 0.4) is 0 Å². The highest BCUT2D eigenvalue weighted by Gasteiger charge is 2.39. The second kappa shape index (κ2) is 12.5. The summed E-state index contributed by atoms with van der Waals surface area (Å²) in [7, 11) is 0. The van der Waals surface area contributed by atoms with Crippen LogP contribution in [0, 0.1) is 13.8 Å². The lowest BCUT2D eigenvalue weighted by atomic mass is 10.1. The van der Waals surface area contributed by atoms with E-state index >= 15 is 0 Å². The van der Waals surface area contributed by atoms with Crippen molar-refractivity contribution in [3.63, 3.8) is 0 Å². The highest BCUT2D eigenvalue weighted by Crippen LogP contribution is 2.32. The molecule has 2 aliphatic rings. The van der Waals surface area contributed by atoms with E-state index in [2.05, 4.69) is 16.3 Å². The van der Waals surface area contributed by atoms with E-state index in [0.29, 0.717) is 23.0 Å². The molecular weight excluding hydrogens is 488 g/mol. The van der Waals surface area contributed by atoms with Gasteiger partial charge in [0.15, 0.2) is 11.0 Å². The summed E-state index contributed by atoms with van der Waals surface area (Å²) in [4.78, 5) is 46.6. The number of carbonyl (C=O) groups excluding carboxylic acids is 3. The quantitative estimate of drug-likeness (QED) is 0.497. The molecule has 1 atom stereocenters. The first kappa shape index (κ1) is 27.0. The van der Waals surface area contributed by atoms with Crippen molar-refractivity contribution in [3.8, 4) is 0 Å². The Hall–Kier alpha value is -3.01. The van der Waals surface area contributed by atoms with Crippen molar-refractivity contribution in [1.82, 2.24) is 9.80 Å². The molecule has 0 radical (unpaired) electrons. The molecule has 0 aromatic heterocycles. The second-order valence-electron chi connectivity index (χ2n) is 9.53. The molecule has 9 heteroatoms. The minimum absolute atomic E-state index is 0.0323. The van der Waals surface area contributed by atoms with Gasteiger partial charge in [-0.05, 0) is 74.7 Å². The Balaban J connectivity index is 1.44. The molecule has 0 aliphatic carbocycles. The van der Waals surface area contributed by atoms with E-state index in [4.69, 9.17) is 9.73 Å². The maximum absolute atomic E-state index is 13.4. The third kappa shape index (κ3) is 7.50. The summed E-state index contributed by atoms with van der Waals surface area (Å²) in [5.74, 6) is -0.366. The number of Topliss-reactive ketones (excluding diaryl/α,β-unsaturated/α-hetero) is 1. The molecule has 196 valence electrons. The number of benzene rings is 2. The van der Waals surface area contributed by atoms with Gasteiger partial charge in [0.25, 0.3) is 0 Å². The molecule has 2 fully saturated rings. The van der Waals surface area contributed by atoms with Crippen LogP contribution in [0.25, 0.3) is 0 Å². The summed E-state index contributed by atoms with van der Waals surface area (Å²) in [6.45, 7) is 10.3. The van der Waals surface area contributed by atoms with Crippen molar-refractivity contribution in [2.75, 3.05) is 44.7 Å². The normalized spacial score (nSPS) is 19.4. The number of hydrogen-bond donors (Lipinski definition) is 1. The lowest BCUT2D eigenvalue weighted by molar-refractivity contribution is -0.128. The van der Waals surface area contributed by atoms with Gasteiger partial charge in [0, 0.05) is 43.9 Å². The fourth-order valence-corrected chi connectivity index (χ4v) is 5.69. The Labute approximate surface area is 222 Å². The molecule has 0 spiro atoms. The van der Waals surface area contributed by atoms with Gasteiger partial charge in [-0.3, -0.25) is 24.2 Å². The number of morpholine rings is 1. The maximum Gasteiger partial charge on any atom is 0.242 e. The number of ether oxygens (including phenoxy) is 1. The number of amides is 2. The first-order valence-corrected chi connectivity index (χ1v) is 13.5. The second-order valence-corrected chi connectivity index (χ2v) is 10.7. The third-order valence-electron chi connectivity index (χ3n) is 6.36. The average molecular weight is 523 g/mol. The molecule has 2 heterocycles. The zero-order chi connectivity index (χ0) is 26.4. The number of hydrogen-bond acceptors (Lipinski definition) is 7. The van der Waals surface area contributed by atoms with Gasteiger partial charge in [-0.25, -0.2) is 4.99 Å². The summed E-state index contributed by atoms with van der Waals surface area (Å²) in [6.07, 6.45) is 0.864. The predicted octanol–water partition coefficient (Wildman–Crippen LogP) is 4.19. The van der Waals surface area contributed by atoms with Gasteiger partial charge in [-0.15, -0.1) is 0 Å². The summed E-state index contributed by atoms with van der Waals surface area (Å²) in [6, 6.07) is 12.8. The Morgan fingerprint density at radius 2 is 1.73 bits per heavy atom. The average Bonchev–Trinajstić information content (AvgIpc) is 3.13. The van der Waals surface area contributed by atoms with Crippen LogP contribution in [-0.4, -0.2) is 77.2 Å². The summed E-state index contributed by atoms with van der Waals surface area (Å²) < 4.78 is 5.43. The van der Waals surface area contributed by atoms with E-state index in [9.17, 15) is 14.4 Å². The first-order chi connectivity index (χ1) is 17.8. The Kier molecular flexibility index (Phi) is 9.13. The molecule has 2 aromatic carbocycles. The molecule has 2 aromatic rings. The standard InChI is InChI=1S/C28H34N4O4S/c1-19-15-20(2)17-24(16-19)30-28-32(10-4-9-31-11-13-36-14-12-31)27(35)25(37-28)18-26(34)29-23-7-5-22(6-8-23)21(3)33/h5-8,15-17,25H,4,9-14,18H2,1-3H3,(H,29,34). The minimum Gasteiger partial charge on any atom is -0.379 e. The molecule has 2 saturated heterocycles. The number of amidine groups is 1. The van der Waals surface area contributed by atoms with Crippen molar-refractivity contribution >= 4 is 45.9 Å². The molecular formula is C28H34N4O4S. The van der Waals surface area contributed by atoms with Crippen LogP contribution in [0.2, 0.25) is 0 Å². The molecule has 37 heavy (non-hydrogen) atoms. The predicted molar refractivity (Wildman–Crippen MR) is 148 cm³/mol. The van der Waals surface area contributed by atoms with Crippen molar-refractivity contribution in [3.05, 3.63) is 59.2 Å². The van der Waals surface area contributed by atoms with Gasteiger partial charge in [0.05, 0.1) is 18.9 Å². The van der Waals surface area contributed by atoms with Crippen LogP contribution >= 0.6 is 11.8 Å². The number of nitrogens with one attached hydrogen (secondary N) is 1. The van der Waals surface area contributed by atoms with Gasteiger partial charge in [0.1, 0.15) is 5.25 Å². The van der Waals surface area contributed by atoms with Crippen LogP contribution in [0.15, 0.2) is 47.5 Å². The van der Waals surface area contributed by atoms with Crippen molar-refractivity contribution in [2.45, 2.75) is 38.9 Å². The van der Waals surface area contributed by atoms with E-state index in [1.807, 2.05) is 26.0 Å². The molecule has 1 unspecified atom stereocenters. The number of carbonyl (C=O) groups is 3. The third-order valence-corrected chi connectivity index (χ3v) is 7.53. The number of nitrogens with zero attached hydrogens (tertiary/aromatic N) is 3. The molecule has 2 aliphatic heterocycles. The first-order valence-electron chi connectivity index (χ1n) is 12.6. The topological polar surface area (TPSA) is 91.3 Å². The van der Waals surface area contributed by atoms with E-state index < -0.39 is 5.25 Å².